The van der Waals surface area contributed by atoms with Gasteiger partial charge in [0.1, 0.15) is 23.2 Å². The van der Waals surface area contributed by atoms with E-state index >= 15 is 0 Å². The Morgan fingerprint density at radius 1 is 0.451 bits per heavy atom. The maximum Gasteiger partial charge on any atom is 0.160 e. The van der Waals surface area contributed by atoms with Crippen LogP contribution in [0.2, 0.25) is 0 Å². The molecule has 1 aromatic heterocycles. The zero-order valence-corrected chi connectivity index (χ0v) is 27.6. The molecule has 1 aliphatic heterocycles. The van der Waals surface area contributed by atoms with Crippen molar-refractivity contribution in [3.8, 4) is 22.3 Å². The molecule has 240 valence electrons. The Morgan fingerprint density at radius 3 is 1.80 bits per heavy atom. The third-order valence-electron chi connectivity index (χ3n) is 9.89. The second-order valence-electron chi connectivity index (χ2n) is 13.1. The molecule has 1 aliphatic rings. The molecule has 0 fully saturated rings. The maximum absolute atomic E-state index is 6.69. The molecule has 2 heterocycles. The number of benzene rings is 8. The van der Waals surface area contributed by atoms with E-state index in [0.29, 0.717) is 5.84 Å². The number of rotatable bonds is 5. The van der Waals surface area contributed by atoms with Gasteiger partial charge in [0.15, 0.2) is 5.84 Å². The van der Waals surface area contributed by atoms with Crippen LogP contribution < -0.4 is 5.32 Å². The minimum absolute atomic E-state index is 0.312. The van der Waals surface area contributed by atoms with E-state index in [1.165, 1.54) is 21.9 Å². The molecule has 51 heavy (non-hydrogen) atoms. The van der Waals surface area contributed by atoms with Crippen molar-refractivity contribution in [3.05, 3.63) is 193 Å². The van der Waals surface area contributed by atoms with E-state index in [1.54, 1.807) is 0 Å². The quantitative estimate of drug-likeness (QED) is 0.201. The minimum Gasteiger partial charge on any atom is -0.456 e. The molecule has 8 aromatic carbocycles. The Balaban J connectivity index is 1.17. The van der Waals surface area contributed by atoms with E-state index in [4.69, 9.17) is 14.4 Å². The van der Waals surface area contributed by atoms with Gasteiger partial charge in [-0.15, -0.1) is 0 Å². The monoisotopic (exact) mass is 653 g/mol. The number of fused-ring (bicyclic) bond motifs is 5. The van der Waals surface area contributed by atoms with Gasteiger partial charge in [-0.2, -0.15) is 0 Å². The fraction of sp³-hybridized carbons (Fsp3) is 0.0213. The lowest BCUT2D eigenvalue weighted by Crippen LogP contribution is -2.33. The summed E-state index contributed by atoms with van der Waals surface area (Å²) in [7, 11) is 0. The summed E-state index contributed by atoms with van der Waals surface area (Å²) in [4.78, 5) is 10.5. The third-order valence-corrected chi connectivity index (χ3v) is 9.89. The molecular weight excluding hydrogens is 623 g/mol. The molecule has 0 radical (unpaired) electrons. The fourth-order valence-electron chi connectivity index (χ4n) is 7.28. The van der Waals surface area contributed by atoms with E-state index in [2.05, 4.69) is 157 Å². The Kier molecular flexibility index (Phi) is 6.85. The van der Waals surface area contributed by atoms with Crippen LogP contribution in [-0.2, 0) is 0 Å². The molecule has 9 aromatic rings. The second kappa shape index (κ2) is 12.0. The molecule has 1 N–H and O–H groups in total. The largest absolute Gasteiger partial charge is 0.456 e. The molecule has 0 saturated heterocycles. The van der Waals surface area contributed by atoms with Crippen LogP contribution in [0.3, 0.4) is 0 Å². The lowest BCUT2D eigenvalue weighted by atomic mass is 9.95. The van der Waals surface area contributed by atoms with Crippen LogP contribution in [0.4, 0.5) is 0 Å². The molecule has 0 amide bonds. The Labute approximate surface area is 295 Å². The molecule has 0 bridgehead atoms. The number of nitrogens with zero attached hydrogens (tertiary/aromatic N) is 2. The fourth-order valence-corrected chi connectivity index (χ4v) is 7.28. The number of amidine groups is 2. The Bertz CT molecular complexity index is 2820. The summed E-state index contributed by atoms with van der Waals surface area (Å²) in [5.41, 5.74) is 9.16. The zero-order chi connectivity index (χ0) is 33.7. The van der Waals surface area contributed by atoms with Crippen LogP contribution >= 0.6 is 0 Å². The van der Waals surface area contributed by atoms with Gasteiger partial charge in [-0.05, 0) is 79.7 Å². The van der Waals surface area contributed by atoms with Gasteiger partial charge in [0.2, 0.25) is 0 Å². The topological polar surface area (TPSA) is 49.9 Å². The molecule has 0 spiro atoms. The summed E-state index contributed by atoms with van der Waals surface area (Å²) in [6.07, 6.45) is -0.312. The van der Waals surface area contributed by atoms with Crippen molar-refractivity contribution >= 4 is 55.2 Å². The summed E-state index contributed by atoms with van der Waals surface area (Å²) in [5, 5.41) is 10.4. The average Bonchev–Trinajstić information content (AvgIpc) is 3.57. The van der Waals surface area contributed by atoms with E-state index < -0.39 is 0 Å². The van der Waals surface area contributed by atoms with Crippen LogP contribution in [0.5, 0.6) is 0 Å². The second-order valence-corrected chi connectivity index (χ2v) is 13.1. The van der Waals surface area contributed by atoms with Gasteiger partial charge in [0, 0.05) is 21.9 Å². The van der Waals surface area contributed by atoms with Crippen molar-refractivity contribution in [2.24, 2.45) is 9.98 Å². The van der Waals surface area contributed by atoms with Crippen LogP contribution in [0.15, 0.2) is 190 Å². The average molecular weight is 654 g/mol. The number of aliphatic imine (C=N–C) groups is 2. The van der Waals surface area contributed by atoms with Crippen molar-refractivity contribution in [1.82, 2.24) is 5.32 Å². The maximum atomic E-state index is 6.69. The molecule has 10 rings (SSSR count). The highest BCUT2D eigenvalue weighted by atomic mass is 16.3. The summed E-state index contributed by atoms with van der Waals surface area (Å²) in [6.45, 7) is 0. The van der Waals surface area contributed by atoms with Crippen LogP contribution in [-0.4, -0.2) is 11.7 Å². The smallest absolute Gasteiger partial charge is 0.160 e. The van der Waals surface area contributed by atoms with Crippen molar-refractivity contribution in [1.29, 1.82) is 0 Å². The van der Waals surface area contributed by atoms with Crippen LogP contribution in [0, 0.1) is 0 Å². The van der Waals surface area contributed by atoms with Gasteiger partial charge in [-0.1, -0.05) is 146 Å². The van der Waals surface area contributed by atoms with Gasteiger partial charge in [-0.25, -0.2) is 9.98 Å². The standard InChI is InChI=1S/C47H31N3O/c1-3-12-33(13-4-1)45-48-46(34-14-5-2-6-15-34)50-47(49-45)41-27-39(29-43-44(41)40-26-36-17-9-10-18-37(36)28-42(40)51-43)32-21-19-31(20-22-32)38-24-23-30-11-7-8-16-35(30)25-38/h1-29,45H,(H,48,49,50). The molecule has 0 saturated carbocycles. The predicted molar refractivity (Wildman–Crippen MR) is 211 cm³/mol. The summed E-state index contributed by atoms with van der Waals surface area (Å²) in [5.74, 6) is 1.45. The highest BCUT2D eigenvalue weighted by Crippen LogP contribution is 2.39. The van der Waals surface area contributed by atoms with Crippen molar-refractivity contribution in [3.63, 3.8) is 0 Å². The van der Waals surface area contributed by atoms with Crippen LogP contribution in [0.25, 0.3) is 65.7 Å². The molecule has 1 atom stereocenters. The van der Waals surface area contributed by atoms with Crippen molar-refractivity contribution in [2.45, 2.75) is 6.17 Å². The van der Waals surface area contributed by atoms with Gasteiger partial charge < -0.3 is 9.73 Å². The first kappa shape index (κ1) is 29.2. The first-order valence-corrected chi connectivity index (χ1v) is 17.3. The first-order valence-electron chi connectivity index (χ1n) is 17.3. The lowest BCUT2D eigenvalue weighted by molar-refractivity contribution is 0.669. The van der Waals surface area contributed by atoms with E-state index in [-0.39, 0.29) is 6.17 Å². The predicted octanol–water partition coefficient (Wildman–Crippen LogP) is 11.7. The van der Waals surface area contributed by atoms with E-state index in [9.17, 15) is 0 Å². The highest BCUT2D eigenvalue weighted by molar-refractivity contribution is 6.23. The molecule has 1 unspecified atom stereocenters. The normalized spacial score (nSPS) is 14.5. The molecular formula is C47H31N3O. The van der Waals surface area contributed by atoms with E-state index in [1.807, 2.05) is 24.3 Å². The zero-order valence-electron chi connectivity index (χ0n) is 27.6. The number of nitrogens with one attached hydrogen (secondary N) is 1. The van der Waals surface area contributed by atoms with Crippen molar-refractivity contribution < 1.29 is 4.42 Å². The Hall–Kier alpha value is -6.78. The van der Waals surface area contributed by atoms with Gasteiger partial charge in [0.05, 0.1) is 0 Å². The summed E-state index contributed by atoms with van der Waals surface area (Å²) < 4.78 is 6.69. The molecule has 0 aliphatic carbocycles. The van der Waals surface area contributed by atoms with Crippen molar-refractivity contribution in [2.75, 3.05) is 0 Å². The SMILES string of the molecule is c1ccc(C2=NC(c3cc(-c4ccc(-c5ccc6ccccc6c5)cc4)cc4oc5cc6ccccc6cc5c34)=NC(c3ccccc3)N2)cc1. The highest BCUT2D eigenvalue weighted by Gasteiger charge is 2.24. The third kappa shape index (κ3) is 5.25. The molecule has 4 heteroatoms. The van der Waals surface area contributed by atoms with Crippen LogP contribution in [0.1, 0.15) is 22.9 Å². The van der Waals surface area contributed by atoms with Gasteiger partial charge >= 0.3 is 0 Å². The lowest BCUT2D eigenvalue weighted by Gasteiger charge is -2.24. The minimum atomic E-state index is -0.312. The number of hydrogen-bond acceptors (Lipinski definition) is 4. The Morgan fingerprint density at radius 2 is 1.06 bits per heavy atom. The van der Waals surface area contributed by atoms with Gasteiger partial charge in [0.25, 0.3) is 0 Å². The first-order chi connectivity index (χ1) is 25.2. The number of hydrogen-bond donors (Lipinski definition) is 1. The number of furan rings is 1. The summed E-state index contributed by atoms with van der Waals surface area (Å²) >= 11 is 0. The molecule has 4 nitrogen and oxygen atoms in total. The van der Waals surface area contributed by atoms with Gasteiger partial charge in [-0.3, -0.25) is 0 Å². The van der Waals surface area contributed by atoms with E-state index in [0.717, 1.165) is 66.4 Å². The summed E-state index contributed by atoms with van der Waals surface area (Å²) in [6, 6.07) is 61.7.